The van der Waals surface area contributed by atoms with Gasteiger partial charge in [0.25, 0.3) is 5.69 Å². The number of non-ortho nitro benzene ring substituents is 1. The maximum Gasteiger partial charge on any atom is 0.269 e. The van der Waals surface area contributed by atoms with E-state index in [1.165, 1.54) is 12.1 Å². The number of nitrogens with one attached hydrogen (secondary N) is 2. The number of hydrogen-bond donors (Lipinski definition) is 2. The fraction of sp³-hybridized carbons (Fsp3) is 0.632. The Morgan fingerprint density at radius 3 is 2.22 bits per heavy atom. The van der Waals surface area contributed by atoms with E-state index in [2.05, 4.69) is 48.2 Å². The van der Waals surface area contributed by atoms with Gasteiger partial charge < -0.3 is 10.6 Å². The minimum atomic E-state index is -0.393. The normalized spacial score (nSPS) is 11.6. The largest absolute Gasteiger partial charge is 0.357 e. The van der Waals surface area contributed by atoms with E-state index in [0.717, 1.165) is 37.6 Å². The monoisotopic (exact) mass is 491 g/mol. The number of nitro benzene ring substituents is 1. The summed E-state index contributed by atoms with van der Waals surface area (Å²) in [5.41, 5.74) is 1.04. The van der Waals surface area contributed by atoms with E-state index in [1.54, 1.807) is 12.1 Å². The summed E-state index contributed by atoms with van der Waals surface area (Å²) in [5, 5.41) is 17.3. The average Bonchev–Trinajstić information content (AvgIpc) is 2.59. The van der Waals surface area contributed by atoms with E-state index in [9.17, 15) is 10.1 Å². The Kier molecular flexibility index (Phi) is 13.0. The van der Waals surface area contributed by atoms with Crippen LogP contribution in [0.1, 0.15) is 46.6 Å². The van der Waals surface area contributed by atoms with Crippen LogP contribution in [0.5, 0.6) is 0 Å². The van der Waals surface area contributed by atoms with Gasteiger partial charge in [0, 0.05) is 43.9 Å². The van der Waals surface area contributed by atoms with Gasteiger partial charge in [-0.3, -0.25) is 15.0 Å². The summed E-state index contributed by atoms with van der Waals surface area (Å²) < 4.78 is 0. The molecular formula is C19H34IN5O2. The van der Waals surface area contributed by atoms with Crippen LogP contribution in [0.3, 0.4) is 0 Å². The second-order valence-electron chi connectivity index (χ2n) is 6.82. The smallest absolute Gasteiger partial charge is 0.269 e. The van der Waals surface area contributed by atoms with Crippen molar-refractivity contribution in [1.82, 2.24) is 15.5 Å². The highest BCUT2D eigenvalue weighted by Gasteiger charge is 2.12. The number of halogens is 1. The van der Waals surface area contributed by atoms with Gasteiger partial charge in [0.05, 0.1) is 11.5 Å². The van der Waals surface area contributed by atoms with Gasteiger partial charge in [0.15, 0.2) is 5.96 Å². The fourth-order valence-electron chi connectivity index (χ4n) is 2.82. The van der Waals surface area contributed by atoms with Gasteiger partial charge in [-0.2, -0.15) is 0 Å². The first-order valence-electron chi connectivity index (χ1n) is 9.36. The molecule has 0 aliphatic rings. The summed E-state index contributed by atoms with van der Waals surface area (Å²) in [6.45, 7) is 14.1. The summed E-state index contributed by atoms with van der Waals surface area (Å²) in [4.78, 5) is 17.3. The number of nitro groups is 1. The Hall–Kier alpha value is -1.42. The Balaban J connectivity index is 0.00000676. The maximum atomic E-state index is 10.7. The predicted molar refractivity (Wildman–Crippen MR) is 123 cm³/mol. The SMILES string of the molecule is CCNC(=NCc1ccc([N+](=O)[O-])cc1)NCCCN(C(C)C)C(C)C.I. The zero-order valence-electron chi connectivity index (χ0n) is 17.1. The molecule has 0 aliphatic carbocycles. The third-order valence-corrected chi connectivity index (χ3v) is 4.12. The molecule has 0 spiro atoms. The average molecular weight is 491 g/mol. The molecule has 2 N–H and O–H groups in total. The van der Waals surface area contributed by atoms with Gasteiger partial charge in [-0.15, -0.1) is 24.0 Å². The first-order chi connectivity index (χ1) is 12.3. The number of guanidine groups is 1. The van der Waals surface area contributed by atoms with Gasteiger partial charge in [-0.05, 0) is 46.6 Å². The molecule has 27 heavy (non-hydrogen) atoms. The van der Waals surface area contributed by atoms with E-state index in [4.69, 9.17) is 0 Å². The molecule has 8 heteroatoms. The van der Waals surface area contributed by atoms with Gasteiger partial charge in [-0.25, -0.2) is 4.99 Å². The first kappa shape index (κ1) is 25.6. The second kappa shape index (κ2) is 13.7. The Labute approximate surface area is 180 Å². The molecule has 0 heterocycles. The zero-order chi connectivity index (χ0) is 19.5. The molecule has 0 saturated carbocycles. The quantitative estimate of drug-likeness (QED) is 0.130. The molecule has 0 fully saturated rings. The molecule has 1 rings (SSSR count). The third-order valence-electron chi connectivity index (χ3n) is 4.12. The zero-order valence-corrected chi connectivity index (χ0v) is 19.4. The van der Waals surface area contributed by atoms with Crippen LogP contribution in [-0.2, 0) is 6.54 Å². The Morgan fingerprint density at radius 2 is 1.74 bits per heavy atom. The van der Waals surface area contributed by atoms with Crippen molar-refractivity contribution in [1.29, 1.82) is 0 Å². The van der Waals surface area contributed by atoms with Crippen molar-refractivity contribution in [2.24, 2.45) is 4.99 Å². The van der Waals surface area contributed by atoms with E-state index in [1.807, 2.05) is 6.92 Å². The summed E-state index contributed by atoms with van der Waals surface area (Å²) >= 11 is 0. The van der Waals surface area contributed by atoms with Gasteiger partial charge >= 0.3 is 0 Å². The molecule has 7 nitrogen and oxygen atoms in total. The van der Waals surface area contributed by atoms with E-state index < -0.39 is 4.92 Å². The van der Waals surface area contributed by atoms with Crippen molar-refractivity contribution in [3.05, 3.63) is 39.9 Å². The van der Waals surface area contributed by atoms with Crippen molar-refractivity contribution in [2.75, 3.05) is 19.6 Å². The molecule has 1 aromatic carbocycles. The maximum absolute atomic E-state index is 10.7. The topological polar surface area (TPSA) is 82.8 Å². The van der Waals surface area contributed by atoms with Crippen LogP contribution in [0.25, 0.3) is 0 Å². The summed E-state index contributed by atoms with van der Waals surface area (Å²) in [6, 6.07) is 7.59. The molecule has 0 radical (unpaired) electrons. The van der Waals surface area contributed by atoms with Crippen LogP contribution < -0.4 is 10.6 Å². The molecule has 0 saturated heterocycles. The molecule has 0 unspecified atom stereocenters. The van der Waals surface area contributed by atoms with E-state index >= 15 is 0 Å². The molecule has 0 atom stereocenters. The number of nitrogens with zero attached hydrogens (tertiary/aromatic N) is 3. The lowest BCUT2D eigenvalue weighted by molar-refractivity contribution is -0.384. The first-order valence-corrected chi connectivity index (χ1v) is 9.36. The lowest BCUT2D eigenvalue weighted by atomic mass is 10.2. The van der Waals surface area contributed by atoms with Gasteiger partial charge in [-0.1, -0.05) is 12.1 Å². The van der Waals surface area contributed by atoms with Crippen molar-refractivity contribution in [3.8, 4) is 0 Å². The lowest BCUT2D eigenvalue weighted by Crippen LogP contribution is -2.41. The Morgan fingerprint density at radius 1 is 1.15 bits per heavy atom. The molecule has 154 valence electrons. The molecule has 0 amide bonds. The lowest BCUT2D eigenvalue weighted by Gasteiger charge is -2.30. The highest BCUT2D eigenvalue weighted by Crippen LogP contribution is 2.12. The van der Waals surface area contributed by atoms with Gasteiger partial charge in [0.1, 0.15) is 0 Å². The van der Waals surface area contributed by atoms with Crippen LogP contribution in [0, 0.1) is 10.1 Å². The van der Waals surface area contributed by atoms with Crippen LogP contribution in [-0.4, -0.2) is 47.5 Å². The molecular weight excluding hydrogens is 457 g/mol. The molecule has 1 aromatic rings. The van der Waals surface area contributed by atoms with Crippen molar-refractivity contribution < 1.29 is 4.92 Å². The fourth-order valence-corrected chi connectivity index (χ4v) is 2.82. The highest BCUT2D eigenvalue weighted by molar-refractivity contribution is 14.0. The van der Waals surface area contributed by atoms with Crippen LogP contribution in [0.2, 0.25) is 0 Å². The predicted octanol–water partition coefficient (Wildman–Crippen LogP) is 3.78. The van der Waals surface area contributed by atoms with Crippen molar-refractivity contribution in [2.45, 2.75) is 59.7 Å². The molecule has 0 aromatic heterocycles. The number of rotatable bonds is 10. The minimum absolute atomic E-state index is 0. The standard InChI is InChI=1S/C19H33N5O2.HI/c1-6-20-19(21-12-7-13-23(15(2)3)16(4)5)22-14-17-8-10-18(11-9-17)24(25)26;/h8-11,15-16H,6-7,12-14H2,1-5H3,(H2,20,21,22);1H. The molecule has 0 aliphatic heterocycles. The van der Waals surface area contributed by atoms with Crippen LogP contribution in [0.4, 0.5) is 5.69 Å². The number of hydrogen-bond acceptors (Lipinski definition) is 4. The summed E-state index contributed by atoms with van der Waals surface area (Å²) in [5.74, 6) is 0.770. The van der Waals surface area contributed by atoms with E-state index in [0.29, 0.717) is 18.6 Å². The molecule has 0 bridgehead atoms. The van der Waals surface area contributed by atoms with Crippen LogP contribution in [0.15, 0.2) is 29.3 Å². The third kappa shape index (κ3) is 9.90. The summed E-state index contributed by atoms with van der Waals surface area (Å²) in [7, 11) is 0. The highest BCUT2D eigenvalue weighted by atomic mass is 127. The van der Waals surface area contributed by atoms with Crippen LogP contribution >= 0.6 is 24.0 Å². The second-order valence-corrected chi connectivity index (χ2v) is 6.82. The van der Waals surface area contributed by atoms with E-state index in [-0.39, 0.29) is 29.7 Å². The number of aliphatic imine (C=N–C) groups is 1. The van der Waals surface area contributed by atoms with Gasteiger partial charge in [0.2, 0.25) is 0 Å². The Bertz CT molecular complexity index is 568. The van der Waals surface area contributed by atoms with Crippen molar-refractivity contribution in [3.63, 3.8) is 0 Å². The summed E-state index contributed by atoms with van der Waals surface area (Å²) in [6.07, 6.45) is 1.04. The number of benzene rings is 1. The van der Waals surface area contributed by atoms with Crippen molar-refractivity contribution >= 4 is 35.6 Å². The minimum Gasteiger partial charge on any atom is -0.357 e.